The number of nitrogen functional groups attached to an aromatic ring is 1. The van der Waals surface area contributed by atoms with Crippen LogP contribution >= 0.6 is 11.8 Å². The number of carbonyl (C=O) groups is 1. The number of Topliss-reactive ketones (excluding diaryl/α,β-unsaturated/α-hetero) is 1. The van der Waals surface area contributed by atoms with Crippen molar-refractivity contribution in [3.8, 4) is 0 Å². The molecular formula is C20H29N5O4S. The van der Waals surface area contributed by atoms with E-state index in [4.69, 9.17) is 10.5 Å². The van der Waals surface area contributed by atoms with E-state index in [1.54, 1.807) is 0 Å². The number of hydrogen-bond donors (Lipinski definition) is 1. The van der Waals surface area contributed by atoms with E-state index in [1.807, 2.05) is 20.8 Å². The highest BCUT2D eigenvalue weighted by molar-refractivity contribution is 7.99. The van der Waals surface area contributed by atoms with E-state index in [9.17, 15) is 14.4 Å². The number of aromatic nitrogens is 4. The summed E-state index contributed by atoms with van der Waals surface area (Å²) in [5, 5.41) is 0.714. The summed E-state index contributed by atoms with van der Waals surface area (Å²) >= 11 is 1.27. The molecule has 2 aromatic heterocycles. The monoisotopic (exact) mass is 435 g/mol. The van der Waals surface area contributed by atoms with E-state index < -0.39 is 17.0 Å². The summed E-state index contributed by atoms with van der Waals surface area (Å²) < 4.78 is 10.0. The molecule has 1 atom stereocenters. The zero-order chi connectivity index (χ0) is 22.0. The molecule has 0 spiro atoms. The molecule has 1 aliphatic heterocycles. The van der Waals surface area contributed by atoms with E-state index in [0.717, 1.165) is 35.4 Å². The summed E-state index contributed by atoms with van der Waals surface area (Å²) in [4.78, 5) is 42.4. The highest BCUT2D eigenvalue weighted by Gasteiger charge is 2.24. The average molecular weight is 436 g/mol. The van der Waals surface area contributed by atoms with Crippen LogP contribution in [0.5, 0.6) is 0 Å². The Bertz CT molecular complexity index is 1060. The fourth-order valence-electron chi connectivity index (χ4n) is 3.63. The molecule has 2 aromatic rings. The maximum absolute atomic E-state index is 12.9. The average Bonchev–Trinajstić information content (AvgIpc) is 3.32. The number of anilines is 1. The van der Waals surface area contributed by atoms with E-state index in [0.29, 0.717) is 24.7 Å². The predicted molar refractivity (Wildman–Crippen MR) is 116 cm³/mol. The van der Waals surface area contributed by atoms with Crippen LogP contribution in [-0.4, -0.2) is 42.9 Å². The molecule has 0 aliphatic carbocycles. The van der Waals surface area contributed by atoms with Gasteiger partial charge in [-0.1, -0.05) is 18.7 Å². The third-order valence-electron chi connectivity index (χ3n) is 5.47. The van der Waals surface area contributed by atoms with Crippen molar-refractivity contribution >= 4 is 23.4 Å². The van der Waals surface area contributed by atoms with Crippen LogP contribution < -0.4 is 17.0 Å². The fourth-order valence-corrected chi connectivity index (χ4v) is 4.60. The lowest BCUT2D eigenvalue weighted by atomic mass is 10.2. The van der Waals surface area contributed by atoms with Crippen molar-refractivity contribution in [2.45, 2.75) is 64.4 Å². The molecule has 3 rings (SSSR count). The number of carbonyl (C=O) groups excluding carboxylic acids is 1. The fraction of sp³-hybridized carbons (Fsp3) is 0.600. The first-order chi connectivity index (χ1) is 14.3. The van der Waals surface area contributed by atoms with E-state index in [-0.39, 0.29) is 23.2 Å². The van der Waals surface area contributed by atoms with Gasteiger partial charge in [-0.15, -0.1) is 0 Å². The van der Waals surface area contributed by atoms with Gasteiger partial charge in [0, 0.05) is 25.9 Å². The Balaban J connectivity index is 1.85. The number of hydrogen-bond acceptors (Lipinski definition) is 7. The van der Waals surface area contributed by atoms with Gasteiger partial charge in [-0.25, -0.2) is 9.78 Å². The maximum Gasteiger partial charge on any atom is 0.332 e. The Hall–Kier alpha value is -2.33. The van der Waals surface area contributed by atoms with Gasteiger partial charge >= 0.3 is 5.69 Å². The molecule has 1 aliphatic rings. The van der Waals surface area contributed by atoms with Crippen LogP contribution in [-0.2, 0) is 24.9 Å². The second-order valence-corrected chi connectivity index (χ2v) is 8.52. The summed E-state index contributed by atoms with van der Waals surface area (Å²) in [6, 6.07) is 0. The molecule has 9 nitrogen and oxygen atoms in total. The molecule has 0 amide bonds. The summed E-state index contributed by atoms with van der Waals surface area (Å²) in [7, 11) is 1.36. The second-order valence-electron chi connectivity index (χ2n) is 7.58. The third-order valence-corrected chi connectivity index (χ3v) is 6.45. The number of ether oxygens (including phenoxy) is 1. The Labute approximate surface area is 179 Å². The summed E-state index contributed by atoms with van der Waals surface area (Å²) in [5.41, 5.74) is 6.68. The van der Waals surface area contributed by atoms with Crippen molar-refractivity contribution in [2.24, 2.45) is 7.05 Å². The molecule has 0 radical (unpaired) electrons. The molecule has 2 N–H and O–H groups in total. The van der Waals surface area contributed by atoms with Gasteiger partial charge < -0.3 is 15.0 Å². The summed E-state index contributed by atoms with van der Waals surface area (Å²) in [6.07, 6.45) is 2.86. The van der Waals surface area contributed by atoms with Gasteiger partial charge in [0.2, 0.25) is 0 Å². The quantitative estimate of drug-likeness (QED) is 0.494. The predicted octanol–water partition coefficient (Wildman–Crippen LogP) is 1.51. The number of thioether (sulfide) groups is 1. The summed E-state index contributed by atoms with van der Waals surface area (Å²) in [5.74, 6) is -0.471. The molecule has 3 heterocycles. The van der Waals surface area contributed by atoms with Crippen LogP contribution in [0.15, 0.2) is 14.7 Å². The molecular weight excluding hydrogens is 406 g/mol. The number of nitrogens with two attached hydrogens (primary N) is 1. The van der Waals surface area contributed by atoms with E-state index >= 15 is 0 Å². The van der Waals surface area contributed by atoms with Crippen LogP contribution in [0.4, 0.5) is 5.82 Å². The van der Waals surface area contributed by atoms with E-state index in [2.05, 4.69) is 9.55 Å². The number of rotatable bonds is 8. The molecule has 0 aromatic carbocycles. The SMILES string of the molecule is CCCn1c(N)c(C(=O)CSc2nc(C)c(C)n2CC2CCCO2)c(=O)n(C)c1=O. The van der Waals surface area contributed by atoms with Crippen molar-refractivity contribution in [1.82, 2.24) is 18.7 Å². The van der Waals surface area contributed by atoms with Gasteiger partial charge in [0.05, 0.1) is 24.1 Å². The largest absolute Gasteiger partial charge is 0.384 e. The Morgan fingerprint density at radius 2 is 2.03 bits per heavy atom. The van der Waals surface area contributed by atoms with Crippen LogP contribution in [0.3, 0.4) is 0 Å². The first-order valence-corrected chi connectivity index (χ1v) is 11.1. The normalized spacial score (nSPS) is 16.3. The lowest BCUT2D eigenvalue weighted by Gasteiger charge is -2.15. The maximum atomic E-state index is 12.9. The van der Waals surface area contributed by atoms with Crippen molar-refractivity contribution < 1.29 is 9.53 Å². The minimum Gasteiger partial charge on any atom is -0.384 e. The Kier molecular flexibility index (Phi) is 6.87. The number of imidazole rings is 1. The zero-order valence-corrected chi connectivity index (χ0v) is 18.8. The van der Waals surface area contributed by atoms with E-state index in [1.165, 1.54) is 23.4 Å². The zero-order valence-electron chi connectivity index (χ0n) is 17.9. The lowest BCUT2D eigenvalue weighted by molar-refractivity contribution is 0.0945. The third kappa shape index (κ3) is 4.24. The molecule has 30 heavy (non-hydrogen) atoms. The van der Waals surface area contributed by atoms with Gasteiger partial charge in [0.15, 0.2) is 10.9 Å². The highest BCUT2D eigenvalue weighted by Crippen LogP contribution is 2.25. The molecule has 1 fully saturated rings. The first kappa shape index (κ1) is 22.4. The standard InChI is InChI=1S/C20H29N5O4S/c1-5-8-24-17(21)16(18(27)23(4)20(24)28)15(26)11-30-19-22-12(2)13(3)25(19)10-14-7-6-9-29-14/h14H,5-11,21H2,1-4H3. The molecule has 164 valence electrons. The minimum atomic E-state index is -0.662. The molecule has 1 saturated heterocycles. The summed E-state index contributed by atoms with van der Waals surface area (Å²) in [6.45, 7) is 7.63. The van der Waals surface area contributed by atoms with Gasteiger partial charge in [0.25, 0.3) is 5.56 Å². The first-order valence-electron chi connectivity index (χ1n) is 10.2. The number of nitrogens with zero attached hydrogens (tertiary/aromatic N) is 4. The van der Waals surface area contributed by atoms with Gasteiger partial charge in [-0.2, -0.15) is 0 Å². The van der Waals surface area contributed by atoms with Crippen molar-refractivity contribution in [1.29, 1.82) is 0 Å². The van der Waals surface area contributed by atoms with Crippen molar-refractivity contribution in [2.75, 3.05) is 18.1 Å². The molecule has 0 saturated carbocycles. The Morgan fingerprint density at radius 3 is 2.67 bits per heavy atom. The van der Waals surface area contributed by atoms with Crippen LogP contribution in [0.25, 0.3) is 0 Å². The molecule has 0 bridgehead atoms. The minimum absolute atomic E-state index is 0.00514. The van der Waals surface area contributed by atoms with Crippen LogP contribution in [0, 0.1) is 13.8 Å². The van der Waals surface area contributed by atoms with Crippen molar-refractivity contribution in [3.05, 3.63) is 37.8 Å². The topological polar surface area (TPSA) is 114 Å². The second kappa shape index (κ2) is 9.22. The van der Waals surface area contributed by atoms with Gasteiger partial charge in [-0.05, 0) is 33.1 Å². The Morgan fingerprint density at radius 1 is 1.30 bits per heavy atom. The lowest BCUT2D eigenvalue weighted by Crippen LogP contribution is -2.42. The smallest absolute Gasteiger partial charge is 0.332 e. The van der Waals surface area contributed by atoms with Gasteiger partial charge in [-0.3, -0.25) is 18.7 Å². The molecule has 10 heteroatoms. The molecule has 1 unspecified atom stereocenters. The van der Waals surface area contributed by atoms with Crippen molar-refractivity contribution in [3.63, 3.8) is 0 Å². The number of aryl methyl sites for hydroxylation is 1. The highest BCUT2D eigenvalue weighted by atomic mass is 32.2. The van der Waals surface area contributed by atoms with Gasteiger partial charge in [0.1, 0.15) is 11.4 Å². The van der Waals surface area contributed by atoms with Crippen LogP contribution in [0.2, 0.25) is 0 Å². The van der Waals surface area contributed by atoms with Crippen LogP contribution in [0.1, 0.15) is 47.9 Å². The number of ketones is 1.